The van der Waals surface area contributed by atoms with E-state index in [2.05, 4.69) is 11.7 Å². The van der Waals surface area contributed by atoms with Gasteiger partial charge in [0.05, 0.1) is 28.3 Å². The third-order valence-electron chi connectivity index (χ3n) is 1.39. The molecule has 2 nitrogen and oxygen atoms in total. The van der Waals surface area contributed by atoms with Crippen molar-refractivity contribution in [3.05, 3.63) is 35.9 Å². The van der Waals surface area contributed by atoms with Crippen molar-refractivity contribution in [2.45, 2.75) is 6.42 Å². The summed E-state index contributed by atoms with van der Waals surface area (Å²) in [4.78, 5) is 10.9. The summed E-state index contributed by atoms with van der Waals surface area (Å²) in [5.74, 6) is 0. The summed E-state index contributed by atoms with van der Waals surface area (Å²) >= 11 is 3.55. The Hall–Kier alpha value is -0.450. The average Bonchev–Trinajstić information content (AvgIpc) is 2.06. The monoisotopic (exact) mass is 200 g/mol. The first-order valence-corrected chi connectivity index (χ1v) is 5.58. The molecule has 0 heterocycles. The molecule has 1 aromatic rings. The van der Waals surface area contributed by atoms with Crippen molar-refractivity contribution >= 4 is 27.0 Å². The van der Waals surface area contributed by atoms with Gasteiger partial charge < -0.3 is 4.55 Å². The summed E-state index contributed by atoms with van der Waals surface area (Å²) in [6.07, 6.45) is 0.191. The number of hydrogen-bond donors (Lipinski definition) is 1. The van der Waals surface area contributed by atoms with Crippen LogP contribution in [0.15, 0.2) is 30.3 Å². The Labute approximate surface area is 79.0 Å². The predicted molar refractivity (Wildman–Crippen MR) is 52.3 cm³/mol. The maximum absolute atomic E-state index is 10.9. The topological polar surface area (TPSA) is 40.1 Å². The molecule has 0 aliphatic carbocycles. The summed E-state index contributed by atoms with van der Waals surface area (Å²) < 4.78 is 10.6. The molecule has 0 bridgehead atoms. The normalized spacial score (nSPS) is 12.5. The molecular weight excluding hydrogens is 192 g/mol. The Bertz CT molecular complexity index is 259. The second-order valence-corrected chi connectivity index (χ2v) is 4.23. The van der Waals surface area contributed by atoms with Crippen LogP contribution in [0.25, 0.3) is 0 Å². The van der Waals surface area contributed by atoms with E-state index in [1.54, 1.807) is 0 Å². The van der Waals surface area contributed by atoms with Crippen LogP contribution in [0.2, 0.25) is 0 Å². The van der Waals surface area contributed by atoms with Crippen LogP contribution in [0.1, 0.15) is 5.56 Å². The van der Waals surface area contributed by atoms with Crippen LogP contribution in [0.5, 0.6) is 0 Å². The summed E-state index contributed by atoms with van der Waals surface area (Å²) in [6, 6.07) is 9.18. The van der Waals surface area contributed by atoms with Gasteiger partial charge in [-0.15, -0.1) is 0 Å². The van der Waals surface area contributed by atoms with E-state index in [0.717, 1.165) is 5.56 Å². The fourth-order valence-corrected chi connectivity index (χ4v) is 1.31. The number of carbonyl (C=O) groups excluding carboxylic acids is 1. The molecule has 0 amide bonds. The van der Waals surface area contributed by atoms with Crippen LogP contribution in [-0.2, 0) is 21.4 Å². The van der Waals surface area contributed by atoms with Gasteiger partial charge >= 0.3 is 5.12 Å². The van der Waals surface area contributed by atoms with Crippen LogP contribution >= 0.6 is 11.7 Å². The minimum Gasteiger partial charge on any atom is -0.598 e. The molecule has 0 fully saturated rings. The lowest BCUT2D eigenvalue weighted by Crippen LogP contribution is -2.10. The second-order valence-electron chi connectivity index (χ2n) is 2.28. The van der Waals surface area contributed by atoms with Gasteiger partial charge in [0.1, 0.15) is 0 Å². The third-order valence-corrected chi connectivity index (χ3v) is 2.53. The lowest BCUT2D eigenvalue weighted by Gasteiger charge is -1.99. The molecule has 12 heavy (non-hydrogen) atoms. The SMILES string of the molecule is O=C(Cc1ccccc1)[S+]([O-])S. The molecule has 0 spiro atoms. The Morgan fingerprint density at radius 2 is 2.00 bits per heavy atom. The van der Waals surface area contributed by atoms with Crippen LogP contribution in [0, 0.1) is 0 Å². The largest absolute Gasteiger partial charge is 0.598 e. The van der Waals surface area contributed by atoms with Crippen molar-refractivity contribution in [2.24, 2.45) is 0 Å². The van der Waals surface area contributed by atoms with Gasteiger partial charge in [0.25, 0.3) is 0 Å². The van der Waals surface area contributed by atoms with E-state index in [0.29, 0.717) is 0 Å². The highest BCUT2D eigenvalue weighted by Crippen LogP contribution is 2.05. The molecule has 0 radical (unpaired) electrons. The summed E-state index contributed by atoms with van der Waals surface area (Å²) in [6.45, 7) is 0. The maximum Gasteiger partial charge on any atom is 0.345 e. The maximum atomic E-state index is 10.9. The van der Waals surface area contributed by atoms with Gasteiger partial charge in [-0.25, -0.2) is 4.79 Å². The Kier molecular flexibility index (Phi) is 3.65. The highest BCUT2D eigenvalue weighted by atomic mass is 33.1. The summed E-state index contributed by atoms with van der Waals surface area (Å²) in [5.41, 5.74) is 0.866. The molecule has 1 aromatic carbocycles. The van der Waals surface area contributed by atoms with E-state index in [4.69, 9.17) is 0 Å². The predicted octanol–water partition coefficient (Wildman–Crippen LogP) is 1.35. The first kappa shape index (κ1) is 9.64. The van der Waals surface area contributed by atoms with Gasteiger partial charge in [-0.2, -0.15) is 0 Å². The molecule has 0 N–H and O–H groups in total. The van der Waals surface area contributed by atoms with Crippen molar-refractivity contribution in [1.29, 1.82) is 0 Å². The molecule has 1 rings (SSSR count). The lowest BCUT2D eigenvalue weighted by atomic mass is 10.2. The zero-order chi connectivity index (χ0) is 8.97. The quantitative estimate of drug-likeness (QED) is 0.445. The van der Waals surface area contributed by atoms with Gasteiger partial charge in [-0.05, 0) is 5.56 Å². The first-order valence-electron chi connectivity index (χ1n) is 3.38. The highest BCUT2D eigenvalue weighted by Gasteiger charge is 2.14. The fourth-order valence-electron chi connectivity index (χ4n) is 0.824. The molecule has 0 aromatic heterocycles. The van der Waals surface area contributed by atoms with E-state index < -0.39 is 10.2 Å². The zero-order valence-corrected chi connectivity index (χ0v) is 7.98. The molecule has 0 aliphatic rings. The Morgan fingerprint density at radius 1 is 1.42 bits per heavy atom. The van der Waals surface area contributed by atoms with E-state index in [9.17, 15) is 9.35 Å². The number of benzene rings is 1. The van der Waals surface area contributed by atoms with E-state index in [1.165, 1.54) is 0 Å². The van der Waals surface area contributed by atoms with Gasteiger partial charge in [0.15, 0.2) is 0 Å². The van der Waals surface area contributed by atoms with Crippen LogP contribution in [0.4, 0.5) is 0 Å². The molecule has 1 unspecified atom stereocenters. The van der Waals surface area contributed by atoms with Crippen molar-refractivity contribution in [3.8, 4) is 0 Å². The lowest BCUT2D eigenvalue weighted by molar-refractivity contribution is -0.111. The third kappa shape index (κ3) is 2.89. The standard InChI is InChI=1S/C8H8O2S2/c9-8(12(10)11)6-7-4-2-1-3-5-7/h1-5H,6H2,(H,10,11). The van der Waals surface area contributed by atoms with Crippen LogP contribution < -0.4 is 0 Å². The van der Waals surface area contributed by atoms with E-state index in [1.807, 2.05) is 30.3 Å². The first-order chi connectivity index (χ1) is 5.70. The Balaban J connectivity index is 2.59. The Morgan fingerprint density at radius 3 is 2.50 bits per heavy atom. The van der Waals surface area contributed by atoms with Crippen molar-refractivity contribution in [1.82, 2.24) is 0 Å². The second kappa shape index (κ2) is 4.54. The molecule has 0 saturated heterocycles. The van der Waals surface area contributed by atoms with Gasteiger partial charge in [0.2, 0.25) is 0 Å². The minimum atomic E-state index is -1.66. The molecule has 4 heteroatoms. The van der Waals surface area contributed by atoms with E-state index in [-0.39, 0.29) is 11.5 Å². The summed E-state index contributed by atoms with van der Waals surface area (Å²) in [5, 5.41) is -0.357. The fraction of sp³-hybridized carbons (Fsp3) is 0.125. The van der Waals surface area contributed by atoms with Crippen molar-refractivity contribution in [2.75, 3.05) is 0 Å². The van der Waals surface area contributed by atoms with Crippen molar-refractivity contribution in [3.63, 3.8) is 0 Å². The van der Waals surface area contributed by atoms with Gasteiger partial charge in [-0.3, -0.25) is 0 Å². The van der Waals surface area contributed by atoms with Gasteiger partial charge in [0, 0.05) is 0 Å². The molecular formula is C8H8O2S2. The average molecular weight is 200 g/mol. The number of hydrogen-bond acceptors (Lipinski definition) is 3. The van der Waals surface area contributed by atoms with Gasteiger partial charge in [-0.1, -0.05) is 30.3 Å². The number of thiol groups is 1. The minimum absolute atomic E-state index is 0.191. The smallest absolute Gasteiger partial charge is 0.345 e. The molecule has 0 saturated carbocycles. The van der Waals surface area contributed by atoms with Crippen LogP contribution in [0.3, 0.4) is 0 Å². The van der Waals surface area contributed by atoms with E-state index >= 15 is 0 Å². The zero-order valence-electron chi connectivity index (χ0n) is 6.27. The molecule has 0 aliphatic heterocycles. The summed E-state index contributed by atoms with van der Waals surface area (Å²) in [7, 11) is -1.66. The molecule has 1 atom stereocenters. The molecule has 64 valence electrons. The number of rotatable bonds is 2. The highest BCUT2D eigenvalue weighted by molar-refractivity contribution is 8.69. The van der Waals surface area contributed by atoms with Crippen molar-refractivity contribution < 1.29 is 9.35 Å². The number of carbonyl (C=O) groups is 1. The van der Waals surface area contributed by atoms with Crippen LogP contribution in [-0.4, -0.2) is 9.67 Å².